The number of aromatic nitrogens is 7. The fourth-order valence-corrected chi connectivity index (χ4v) is 2.58. The average Bonchev–Trinajstić information content (AvgIpc) is 3.25. The summed E-state index contributed by atoms with van der Waals surface area (Å²) in [4.78, 5) is 31.4. The zero-order valence-corrected chi connectivity index (χ0v) is 13.3. The minimum Gasteiger partial charge on any atom is -0.508 e. The third-order valence-electron chi connectivity index (χ3n) is 3.93. The molecule has 10 heteroatoms. The molecule has 0 aliphatic rings. The molecule has 0 aliphatic heterocycles. The number of phenolic OH excluding ortho intramolecular Hbond substituents is 1. The van der Waals surface area contributed by atoms with E-state index in [0.717, 1.165) is 4.57 Å². The lowest BCUT2D eigenvalue weighted by atomic mass is 10.3. The first-order valence-corrected chi connectivity index (χ1v) is 7.33. The predicted molar refractivity (Wildman–Crippen MR) is 88.6 cm³/mol. The summed E-state index contributed by atoms with van der Waals surface area (Å²) in [6, 6.07) is 6.54. The number of nitrogens with one attached hydrogen (secondary N) is 1. The maximum absolute atomic E-state index is 12.2. The first-order chi connectivity index (χ1) is 12.0. The maximum atomic E-state index is 12.2. The lowest BCUT2D eigenvalue weighted by Crippen LogP contribution is -2.36. The molecule has 0 amide bonds. The first kappa shape index (κ1) is 14.9. The zero-order chi connectivity index (χ0) is 17.7. The van der Waals surface area contributed by atoms with Crippen molar-refractivity contribution in [1.29, 1.82) is 0 Å². The second-order valence-corrected chi connectivity index (χ2v) is 5.56. The van der Waals surface area contributed by atoms with Crippen LogP contribution in [-0.2, 0) is 14.1 Å². The topological polar surface area (TPSA) is 124 Å². The zero-order valence-electron chi connectivity index (χ0n) is 13.3. The molecule has 0 atom stereocenters. The third-order valence-corrected chi connectivity index (χ3v) is 3.93. The largest absolute Gasteiger partial charge is 0.508 e. The fraction of sp³-hybridized carbons (Fsp3) is 0.133. The number of aromatic hydroxyl groups is 1. The van der Waals surface area contributed by atoms with Crippen molar-refractivity contribution in [1.82, 2.24) is 34.1 Å². The summed E-state index contributed by atoms with van der Waals surface area (Å²) in [5.74, 6) is 0.427. The monoisotopic (exact) mass is 339 g/mol. The van der Waals surface area contributed by atoms with E-state index in [2.05, 4.69) is 20.3 Å². The molecule has 3 heterocycles. The number of aromatic amines is 1. The van der Waals surface area contributed by atoms with Gasteiger partial charge in [-0.3, -0.25) is 13.9 Å². The second-order valence-electron chi connectivity index (χ2n) is 5.56. The highest BCUT2D eigenvalue weighted by atomic mass is 16.3. The van der Waals surface area contributed by atoms with E-state index in [-0.39, 0.29) is 16.9 Å². The van der Waals surface area contributed by atoms with Crippen molar-refractivity contribution in [3.05, 3.63) is 51.3 Å². The molecule has 0 aliphatic carbocycles. The van der Waals surface area contributed by atoms with Crippen LogP contribution in [0.1, 0.15) is 0 Å². The van der Waals surface area contributed by atoms with E-state index < -0.39 is 11.2 Å². The highest BCUT2D eigenvalue weighted by molar-refractivity contribution is 5.74. The van der Waals surface area contributed by atoms with E-state index in [0.29, 0.717) is 17.2 Å². The van der Waals surface area contributed by atoms with Crippen LogP contribution in [0.15, 0.2) is 40.1 Å². The third kappa shape index (κ3) is 2.23. The highest BCUT2D eigenvalue weighted by Gasteiger charge is 2.16. The Morgan fingerprint density at radius 1 is 1.16 bits per heavy atom. The Hall–Kier alpha value is -3.69. The van der Waals surface area contributed by atoms with Crippen LogP contribution in [0.25, 0.3) is 28.4 Å². The van der Waals surface area contributed by atoms with Crippen molar-refractivity contribution < 1.29 is 5.11 Å². The lowest BCUT2D eigenvalue weighted by Gasteiger charge is -2.00. The molecule has 0 saturated carbocycles. The molecule has 10 nitrogen and oxygen atoms in total. The molecule has 2 N–H and O–H groups in total. The number of hydrogen-bond donors (Lipinski definition) is 2. The van der Waals surface area contributed by atoms with Crippen LogP contribution in [0.4, 0.5) is 0 Å². The van der Waals surface area contributed by atoms with Crippen LogP contribution in [0, 0.1) is 0 Å². The van der Waals surface area contributed by atoms with Crippen molar-refractivity contribution >= 4 is 11.2 Å². The molecule has 0 unspecified atom stereocenters. The van der Waals surface area contributed by atoms with Crippen molar-refractivity contribution in [2.45, 2.75) is 0 Å². The van der Waals surface area contributed by atoms with Crippen LogP contribution in [0.5, 0.6) is 5.75 Å². The smallest absolute Gasteiger partial charge is 0.332 e. The number of imidazole rings is 1. The van der Waals surface area contributed by atoms with Gasteiger partial charge in [0, 0.05) is 20.2 Å². The summed E-state index contributed by atoms with van der Waals surface area (Å²) in [6.07, 6.45) is 1.61. The van der Waals surface area contributed by atoms with Gasteiger partial charge in [0.25, 0.3) is 5.56 Å². The van der Waals surface area contributed by atoms with Crippen LogP contribution in [-0.4, -0.2) is 39.2 Å². The van der Waals surface area contributed by atoms with Crippen molar-refractivity contribution in [2.24, 2.45) is 14.1 Å². The molecule has 3 aromatic heterocycles. The Balaban J connectivity index is 1.86. The number of H-pyrrole nitrogens is 1. The Bertz CT molecular complexity index is 1230. The molecule has 4 aromatic rings. The van der Waals surface area contributed by atoms with Crippen LogP contribution in [0.2, 0.25) is 0 Å². The molecule has 1 aromatic carbocycles. The average molecular weight is 339 g/mol. The van der Waals surface area contributed by atoms with Gasteiger partial charge in [-0.1, -0.05) is 11.3 Å². The first-order valence-electron chi connectivity index (χ1n) is 7.33. The number of phenols is 1. The Morgan fingerprint density at radius 2 is 1.96 bits per heavy atom. The Labute approximate surface area is 139 Å². The van der Waals surface area contributed by atoms with Crippen molar-refractivity contribution in [3.63, 3.8) is 0 Å². The number of hydrogen-bond acceptors (Lipinski definition) is 6. The van der Waals surface area contributed by atoms with Crippen LogP contribution >= 0.6 is 0 Å². The van der Waals surface area contributed by atoms with Gasteiger partial charge in [-0.2, -0.15) is 0 Å². The van der Waals surface area contributed by atoms with Gasteiger partial charge in [-0.05, 0) is 12.1 Å². The minimum absolute atomic E-state index is 0.108. The molecular weight excluding hydrogens is 326 g/mol. The van der Waals surface area contributed by atoms with Gasteiger partial charge >= 0.3 is 5.69 Å². The summed E-state index contributed by atoms with van der Waals surface area (Å²) in [5, 5.41) is 17.6. The van der Waals surface area contributed by atoms with Gasteiger partial charge in [0.1, 0.15) is 17.0 Å². The minimum atomic E-state index is -0.461. The maximum Gasteiger partial charge on any atom is 0.332 e. The van der Waals surface area contributed by atoms with Gasteiger partial charge in [0.05, 0.1) is 11.9 Å². The number of aryl methyl sites for hydroxylation is 1. The van der Waals surface area contributed by atoms with E-state index in [1.165, 1.54) is 22.4 Å². The summed E-state index contributed by atoms with van der Waals surface area (Å²) in [6.45, 7) is 0. The molecule has 0 bridgehead atoms. The summed E-state index contributed by atoms with van der Waals surface area (Å²) in [7, 11) is 2.95. The van der Waals surface area contributed by atoms with E-state index in [9.17, 15) is 14.7 Å². The van der Waals surface area contributed by atoms with E-state index in [1.807, 2.05) is 0 Å². The lowest BCUT2D eigenvalue weighted by molar-refractivity contribution is 0.474. The summed E-state index contributed by atoms with van der Waals surface area (Å²) >= 11 is 0. The van der Waals surface area contributed by atoms with Crippen molar-refractivity contribution in [3.8, 4) is 23.0 Å². The molecule has 0 radical (unpaired) electrons. The highest BCUT2D eigenvalue weighted by Crippen LogP contribution is 2.18. The fourth-order valence-electron chi connectivity index (χ4n) is 2.58. The number of fused-ring (bicyclic) bond motifs is 1. The van der Waals surface area contributed by atoms with E-state index in [1.54, 1.807) is 31.4 Å². The molecule has 0 spiro atoms. The van der Waals surface area contributed by atoms with Crippen LogP contribution < -0.4 is 11.2 Å². The van der Waals surface area contributed by atoms with Gasteiger partial charge in [-0.15, -0.1) is 5.10 Å². The summed E-state index contributed by atoms with van der Waals surface area (Å²) < 4.78 is 3.77. The number of nitrogens with zero attached hydrogens (tertiary/aromatic N) is 6. The predicted octanol–water partition coefficient (Wildman–Crippen LogP) is -0.0864. The number of benzene rings is 1. The molecule has 25 heavy (non-hydrogen) atoms. The molecule has 126 valence electrons. The van der Waals surface area contributed by atoms with Gasteiger partial charge in [0.15, 0.2) is 11.5 Å². The number of rotatable bonds is 2. The molecular formula is C15H13N7O3. The normalized spacial score (nSPS) is 11.3. The SMILES string of the molecule is Cn1c(=O)c2[nH]c(-c3cn(-c4cccc(O)c4)nn3)nc2n(C)c1=O. The van der Waals surface area contributed by atoms with Crippen molar-refractivity contribution in [2.75, 3.05) is 0 Å². The van der Waals surface area contributed by atoms with E-state index >= 15 is 0 Å². The molecule has 4 rings (SSSR count). The van der Waals surface area contributed by atoms with E-state index in [4.69, 9.17) is 0 Å². The Morgan fingerprint density at radius 3 is 2.72 bits per heavy atom. The van der Waals surface area contributed by atoms with Gasteiger partial charge in [-0.25, -0.2) is 14.5 Å². The Kier molecular flexibility index (Phi) is 3.07. The molecule has 0 fully saturated rings. The van der Waals surface area contributed by atoms with Gasteiger partial charge < -0.3 is 10.1 Å². The molecule has 0 saturated heterocycles. The van der Waals surface area contributed by atoms with Gasteiger partial charge in [0.2, 0.25) is 0 Å². The van der Waals surface area contributed by atoms with Crippen LogP contribution in [0.3, 0.4) is 0 Å². The second kappa shape index (κ2) is 5.16. The standard InChI is InChI=1S/C15H13N7O3/c1-20-13-11(14(24)21(2)15(20)25)16-12(17-13)10-7-22(19-18-10)8-4-3-5-9(23)6-8/h3-7,23H,1-2H3,(H,16,17). The quantitative estimate of drug-likeness (QED) is 0.526. The summed E-state index contributed by atoms with van der Waals surface area (Å²) in [5.41, 5.74) is 0.560.